The zero-order valence-electron chi connectivity index (χ0n) is 55.6. The zero-order valence-corrected chi connectivity index (χ0v) is 56.5. The lowest BCUT2D eigenvalue weighted by Crippen LogP contribution is -2.37. The summed E-state index contributed by atoms with van der Waals surface area (Å²) in [5.41, 5.74) is 0. The summed E-state index contributed by atoms with van der Waals surface area (Å²) in [5.74, 6) is -0.896. The molecule has 0 N–H and O–H groups in total. The predicted molar refractivity (Wildman–Crippen MR) is 360 cm³/mol. The van der Waals surface area contributed by atoms with Crippen LogP contribution in [0.4, 0.5) is 0 Å². The van der Waals surface area contributed by atoms with E-state index in [1.807, 2.05) is 27.2 Å². The maximum Gasteiger partial charge on any atom is 0.306 e. The number of likely N-dealkylation sites (N-methyl/N-ethyl adjacent to an activating group) is 1. The summed E-state index contributed by atoms with van der Waals surface area (Å²) in [6.45, 7) is 4.09. The highest BCUT2D eigenvalue weighted by atomic mass is 31.2. The molecule has 488 valence electrons. The van der Waals surface area contributed by atoms with Crippen molar-refractivity contribution in [2.24, 2.45) is 0 Å². The number of unbranched alkanes of at least 4 members (excludes halogenated alkanes) is 37. The SMILES string of the molecule is CC/C=C\C/C=C\C/C=C\C/C=C\C/C=C\C/C=C\C/C=C\CCCC(=O)OC(COC(=O)CCCCCCCCCCCCCCCCCCCCCCCCCCCCCCCCCCCCCCC)COP(=O)([O-])OCC[N+](C)(C)C. The smallest absolute Gasteiger partial charge is 0.306 e. The molecule has 2 atom stereocenters. The molecule has 0 aromatic rings. The number of rotatable bonds is 65. The van der Waals surface area contributed by atoms with E-state index in [0.29, 0.717) is 23.9 Å². The molecule has 0 rings (SSSR count). The van der Waals surface area contributed by atoms with Crippen LogP contribution in [-0.2, 0) is 32.7 Å². The first-order chi connectivity index (χ1) is 41.0. The van der Waals surface area contributed by atoms with E-state index in [1.165, 1.54) is 218 Å². The highest BCUT2D eigenvalue weighted by Crippen LogP contribution is 2.38. The fraction of sp³-hybridized carbons (Fsp3) is 0.784. The van der Waals surface area contributed by atoms with Gasteiger partial charge >= 0.3 is 11.9 Å². The van der Waals surface area contributed by atoms with E-state index in [0.717, 1.165) is 64.2 Å². The lowest BCUT2D eigenvalue weighted by Gasteiger charge is -2.28. The molecule has 0 saturated carbocycles. The van der Waals surface area contributed by atoms with Crippen molar-refractivity contribution in [2.75, 3.05) is 47.5 Å². The van der Waals surface area contributed by atoms with E-state index in [2.05, 4.69) is 92.8 Å². The van der Waals surface area contributed by atoms with Gasteiger partial charge in [-0.2, -0.15) is 0 Å². The minimum atomic E-state index is -4.66. The second-order valence-corrected chi connectivity index (χ2v) is 26.3. The number of phosphoric ester groups is 1. The molecule has 0 spiro atoms. The molecule has 2 unspecified atom stereocenters. The van der Waals surface area contributed by atoms with Gasteiger partial charge in [-0.15, -0.1) is 0 Å². The number of hydrogen-bond acceptors (Lipinski definition) is 8. The van der Waals surface area contributed by atoms with E-state index in [-0.39, 0.29) is 26.1 Å². The van der Waals surface area contributed by atoms with Crippen molar-refractivity contribution >= 4 is 19.8 Å². The van der Waals surface area contributed by atoms with Crippen molar-refractivity contribution < 1.29 is 42.1 Å². The van der Waals surface area contributed by atoms with Gasteiger partial charge in [-0.05, 0) is 64.2 Å². The van der Waals surface area contributed by atoms with Crippen molar-refractivity contribution in [1.29, 1.82) is 0 Å². The lowest BCUT2D eigenvalue weighted by molar-refractivity contribution is -0.870. The van der Waals surface area contributed by atoms with Gasteiger partial charge in [0.15, 0.2) is 6.10 Å². The summed E-state index contributed by atoms with van der Waals surface area (Å²) in [7, 11) is 1.13. The first-order valence-electron chi connectivity index (χ1n) is 35.3. The Morgan fingerprint density at radius 2 is 0.679 bits per heavy atom. The Hall–Kier alpha value is -2.81. The minimum absolute atomic E-state index is 0.0445. The van der Waals surface area contributed by atoms with Crippen LogP contribution in [-0.4, -0.2) is 70.0 Å². The van der Waals surface area contributed by atoms with Crippen molar-refractivity contribution in [2.45, 2.75) is 328 Å². The fourth-order valence-corrected chi connectivity index (χ4v) is 10.8. The molecular weight excluding hydrogens is 1060 g/mol. The molecule has 0 amide bonds. The van der Waals surface area contributed by atoms with E-state index >= 15 is 0 Å². The maximum absolute atomic E-state index is 12.8. The number of hydrogen-bond donors (Lipinski definition) is 0. The van der Waals surface area contributed by atoms with Crippen molar-refractivity contribution in [3.63, 3.8) is 0 Å². The number of carbonyl (C=O) groups excluding carboxylic acids is 2. The minimum Gasteiger partial charge on any atom is -0.756 e. The first-order valence-corrected chi connectivity index (χ1v) is 36.8. The standard InChI is InChI=1S/C74H134NO8P/c1-6-8-10-12-14-16-18-20-22-24-26-28-30-31-32-33-34-35-36-37-38-39-40-41-42-43-45-46-48-50-52-54-56-58-60-62-64-66-73(76)80-70-72(71-82-84(78,79)81-69-68-75(3,4)5)83-74(77)67-65-63-61-59-57-55-53-51-49-47-44-29-27-25-23-21-19-17-15-13-11-9-7-2/h9,11,15,17,21,23,27,29,47,49,53,55,59,61,72H,6-8,10,12-14,16,18-20,22,24-26,28,30-46,48,50-52,54,56-58,60,62-71H2,1-5H3/b11-9-,17-15-,23-21-,29-27-,49-47-,55-53-,61-59-. The molecule has 0 bridgehead atoms. The third kappa shape index (κ3) is 68.3. The van der Waals surface area contributed by atoms with Crippen LogP contribution < -0.4 is 4.89 Å². The fourth-order valence-electron chi connectivity index (χ4n) is 10.1. The summed E-state index contributed by atoms with van der Waals surface area (Å²) in [4.78, 5) is 38.0. The van der Waals surface area contributed by atoms with Crippen molar-refractivity contribution in [3.05, 3.63) is 85.1 Å². The number of quaternary nitrogens is 1. The monoisotopic (exact) mass is 1200 g/mol. The van der Waals surface area contributed by atoms with Crippen LogP contribution in [0.2, 0.25) is 0 Å². The molecule has 9 nitrogen and oxygen atoms in total. The highest BCUT2D eigenvalue weighted by Gasteiger charge is 2.22. The quantitative estimate of drug-likeness (QED) is 0.0195. The lowest BCUT2D eigenvalue weighted by atomic mass is 10.0. The van der Waals surface area contributed by atoms with Gasteiger partial charge in [0.1, 0.15) is 19.8 Å². The van der Waals surface area contributed by atoms with Crippen LogP contribution in [0.3, 0.4) is 0 Å². The molecular formula is C74H134NO8P. The van der Waals surface area contributed by atoms with E-state index in [4.69, 9.17) is 18.5 Å². The molecule has 10 heteroatoms. The molecule has 0 aromatic heterocycles. The average Bonchev–Trinajstić information content (AvgIpc) is 3.61. The van der Waals surface area contributed by atoms with Crippen LogP contribution in [0.15, 0.2) is 85.1 Å². The zero-order chi connectivity index (χ0) is 61.2. The number of carbonyl (C=O) groups is 2. The van der Waals surface area contributed by atoms with Gasteiger partial charge < -0.3 is 27.9 Å². The normalized spacial score (nSPS) is 13.6. The second kappa shape index (κ2) is 64.7. The molecule has 0 fully saturated rings. The third-order valence-corrected chi connectivity index (χ3v) is 16.4. The number of ether oxygens (including phenoxy) is 2. The summed E-state index contributed by atoms with van der Waals surface area (Å²) in [6.07, 6.45) is 88.5. The van der Waals surface area contributed by atoms with E-state index in [1.54, 1.807) is 0 Å². The van der Waals surface area contributed by atoms with Crippen LogP contribution in [0.5, 0.6) is 0 Å². The van der Waals surface area contributed by atoms with Gasteiger partial charge in [-0.25, -0.2) is 0 Å². The average molecular weight is 1200 g/mol. The number of allylic oxidation sites excluding steroid dienone is 14. The summed E-state index contributed by atoms with van der Waals surface area (Å²) in [6, 6.07) is 0. The Kier molecular flexibility index (Phi) is 62.5. The Bertz CT molecular complexity index is 1690. The Labute approximate surface area is 520 Å². The van der Waals surface area contributed by atoms with Gasteiger partial charge in [0.25, 0.3) is 7.82 Å². The molecule has 0 saturated heterocycles. The first kappa shape index (κ1) is 81.2. The molecule has 84 heavy (non-hydrogen) atoms. The maximum atomic E-state index is 12.8. The van der Waals surface area contributed by atoms with E-state index in [9.17, 15) is 19.0 Å². The van der Waals surface area contributed by atoms with Crippen molar-refractivity contribution in [1.82, 2.24) is 0 Å². The third-order valence-electron chi connectivity index (χ3n) is 15.4. The summed E-state index contributed by atoms with van der Waals surface area (Å²) >= 11 is 0. The van der Waals surface area contributed by atoms with Gasteiger partial charge in [0.2, 0.25) is 0 Å². The molecule has 0 aliphatic rings. The molecule has 0 aliphatic carbocycles. The van der Waals surface area contributed by atoms with Crippen LogP contribution >= 0.6 is 7.82 Å². The van der Waals surface area contributed by atoms with Gasteiger partial charge in [-0.3, -0.25) is 14.2 Å². The van der Waals surface area contributed by atoms with Crippen LogP contribution in [0.25, 0.3) is 0 Å². The molecule has 0 aromatic carbocycles. The van der Waals surface area contributed by atoms with Gasteiger partial charge in [0, 0.05) is 12.8 Å². The Morgan fingerprint density at radius 1 is 0.381 bits per heavy atom. The van der Waals surface area contributed by atoms with Gasteiger partial charge in [0.05, 0.1) is 27.7 Å². The van der Waals surface area contributed by atoms with Gasteiger partial charge in [-0.1, -0.05) is 330 Å². The molecule has 0 radical (unpaired) electrons. The van der Waals surface area contributed by atoms with E-state index < -0.39 is 32.5 Å². The largest absolute Gasteiger partial charge is 0.756 e. The Balaban J connectivity index is 4.01. The molecule has 0 aliphatic heterocycles. The number of esters is 2. The number of phosphoric acid groups is 1. The second-order valence-electron chi connectivity index (χ2n) is 24.9. The Morgan fingerprint density at radius 3 is 1.00 bits per heavy atom. The van der Waals surface area contributed by atoms with Crippen molar-refractivity contribution in [3.8, 4) is 0 Å². The van der Waals surface area contributed by atoms with Crippen LogP contribution in [0.1, 0.15) is 322 Å². The van der Waals surface area contributed by atoms with Crippen LogP contribution in [0, 0.1) is 0 Å². The predicted octanol–water partition coefficient (Wildman–Crippen LogP) is 22.3. The summed E-state index contributed by atoms with van der Waals surface area (Å²) in [5, 5.41) is 0. The topological polar surface area (TPSA) is 111 Å². The number of nitrogens with zero attached hydrogens (tertiary/aromatic N) is 1. The summed E-state index contributed by atoms with van der Waals surface area (Å²) < 4.78 is 34.2. The highest BCUT2D eigenvalue weighted by molar-refractivity contribution is 7.45. The molecule has 0 heterocycles.